The molecule has 116 valence electrons. The van der Waals surface area contributed by atoms with Crippen LogP contribution in [0.25, 0.3) is 11.6 Å². The molecule has 23 heavy (non-hydrogen) atoms. The highest BCUT2D eigenvalue weighted by atomic mass is 35.5. The molecular weight excluding hydrogens is 339 g/mol. The average molecular weight is 349 g/mol. The van der Waals surface area contributed by atoms with Crippen molar-refractivity contribution in [1.29, 1.82) is 0 Å². The average Bonchev–Trinajstić information content (AvgIpc) is 2.72. The van der Waals surface area contributed by atoms with E-state index in [1.54, 1.807) is 36.4 Å². The number of amides is 2. The van der Waals surface area contributed by atoms with Gasteiger partial charge in [0.1, 0.15) is 0 Å². The Kier molecular flexibility index (Phi) is 3.98. The maximum atomic E-state index is 12.1. The van der Waals surface area contributed by atoms with Crippen molar-refractivity contribution in [2.24, 2.45) is 0 Å². The fourth-order valence-electron chi connectivity index (χ4n) is 2.37. The zero-order valence-corrected chi connectivity index (χ0v) is 13.1. The van der Waals surface area contributed by atoms with Crippen LogP contribution in [-0.2, 0) is 4.79 Å². The summed E-state index contributed by atoms with van der Waals surface area (Å²) in [5, 5.41) is 14.6. The van der Waals surface area contributed by atoms with Gasteiger partial charge in [-0.25, -0.2) is 4.79 Å². The topological polar surface area (TPSA) is 78.4 Å². The number of anilines is 2. The predicted molar refractivity (Wildman–Crippen MR) is 91.1 cm³/mol. The van der Waals surface area contributed by atoms with Crippen molar-refractivity contribution in [1.82, 2.24) is 0 Å². The van der Waals surface area contributed by atoms with Crippen LogP contribution in [0.1, 0.15) is 11.1 Å². The standard InChI is InChI=1S/C16H10Cl2N2O3/c17-9-1-2-12-13(15(21)20-14(12)7-9)5-8-3-10(18)6-11(4-8)19-16(22)23/h1-7,19H,(H,20,21)(H,22,23)/b13-5+. The van der Waals surface area contributed by atoms with Gasteiger partial charge >= 0.3 is 6.09 Å². The van der Waals surface area contributed by atoms with Gasteiger partial charge in [0, 0.05) is 26.9 Å². The lowest BCUT2D eigenvalue weighted by Crippen LogP contribution is -2.07. The number of fused-ring (bicyclic) bond motifs is 1. The third-order valence-electron chi connectivity index (χ3n) is 3.25. The Morgan fingerprint density at radius 1 is 1.13 bits per heavy atom. The first-order valence-electron chi connectivity index (χ1n) is 6.56. The maximum absolute atomic E-state index is 12.1. The highest BCUT2D eigenvalue weighted by Gasteiger charge is 2.24. The molecule has 0 saturated heterocycles. The molecule has 3 rings (SSSR count). The van der Waals surface area contributed by atoms with Crippen LogP contribution in [0.3, 0.4) is 0 Å². The van der Waals surface area contributed by atoms with Gasteiger partial charge in [-0.15, -0.1) is 0 Å². The molecular formula is C16H10Cl2N2O3. The van der Waals surface area contributed by atoms with E-state index < -0.39 is 6.09 Å². The molecule has 0 aromatic heterocycles. The number of nitrogens with one attached hydrogen (secondary N) is 2. The first-order valence-corrected chi connectivity index (χ1v) is 7.31. The van der Waals surface area contributed by atoms with Gasteiger partial charge in [0.15, 0.2) is 0 Å². The van der Waals surface area contributed by atoms with Crippen LogP contribution < -0.4 is 10.6 Å². The molecule has 0 unspecified atom stereocenters. The fraction of sp³-hybridized carbons (Fsp3) is 0. The normalized spacial score (nSPS) is 14.5. The third kappa shape index (κ3) is 3.31. The molecule has 7 heteroatoms. The van der Waals surface area contributed by atoms with Gasteiger partial charge in [0.2, 0.25) is 0 Å². The van der Waals surface area contributed by atoms with E-state index in [2.05, 4.69) is 10.6 Å². The van der Waals surface area contributed by atoms with Crippen LogP contribution in [0, 0.1) is 0 Å². The van der Waals surface area contributed by atoms with Gasteiger partial charge in [-0.1, -0.05) is 29.3 Å². The van der Waals surface area contributed by atoms with E-state index in [9.17, 15) is 9.59 Å². The smallest absolute Gasteiger partial charge is 0.409 e. The van der Waals surface area contributed by atoms with Gasteiger partial charge in [-0.2, -0.15) is 0 Å². The van der Waals surface area contributed by atoms with Crippen LogP contribution in [0.15, 0.2) is 36.4 Å². The minimum Gasteiger partial charge on any atom is -0.465 e. The molecule has 0 spiro atoms. The highest BCUT2D eigenvalue weighted by Crippen LogP contribution is 2.35. The van der Waals surface area contributed by atoms with E-state index in [-0.39, 0.29) is 5.91 Å². The van der Waals surface area contributed by atoms with E-state index in [4.69, 9.17) is 28.3 Å². The molecule has 1 heterocycles. The van der Waals surface area contributed by atoms with E-state index in [0.717, 1.165) is 5.56 Å². The summed E-state index contributed by atoms with van der Waals surface area (Å²) in [6.07, 6.45) is 0.456. The van der Waals surface area contributed by atoms with Crippen molar-refractivity contribution >= 4 is 58.2 Å². The van der Waals surface area contributed by atoms with E-state index in [0.29, 0.717) is 32.6 Å². The number of halogens is 2. The monoisotopic (exact) mass is 348 g/mol. The number of rotatable bonds is 2. The number of carbonyl (C=O) groups is 2. The van der Waals surface area contributed by atoms with Crippen molar-refractivity contribution in [3.8, 4) is 0 Å². The summed E-state index contributed by atoms with van der Waals surface area (Å²) < 4.78 is 0. The van der Waals surface area contributed by atoms with Crippen molar-refractivity contribution < 1.29 is 14.7 Å². The minimum atomic E-state index is -1.19. The Balaban J connectivity index is 2.04. The van der Waals surface area contributed by atoms with Crippen molar-refractivity contribution in [3.05, 3.63) is 57.6 Å². The molecule has 0 bridgehead atoms. The largest absolute Gasteiger partial charge is 0.465 e. The first-order chi connectivity index (χ1) is 10.9. The molecule has 2 aromatic carbocycles. The van der Waals surface area contributed by atoms with E-state index in [1.807, 2.05) is 0 Å². The molecule has 0 fully saturated rings. The molecule has 3 N–H and O–H groups in total. The van der Waals surface area contributed by atoms with Gasteiger partial charge in [-0.3, -0.25) is 10.1 Å². The van der Waals surface area contributed by atoms with Gasteiger partial charge in [0.25, 0.3) is 5.91 Å². The SMILES string of the molecule is O=C(O)Nc1cc(Cl)cc(/C=C2/C(=O)Nc3cc(Cl)ccc32)c1. The summed E-state index contributed by atoms with van der Waals surface area (Å²) in [6, 6.07) is 9.84. The number of hydrogen-bond donors (Lipinski definition) is 3. The quantitative estimate of drug-likeness (QED) is 0.695. The van der Waals surface area contributed by atoms with Crippen LogP contribution in [0.4, 0.5) is 16.2 Å². The van der Waals surface area contributed by atoms with Gasteiger partial charge in [0.05, 0.1) is 5.69 Å². The van der Waals surface area contributed by atoms with E-state index in [1.165, 1.54) is 6.07 Å². The molecule has 0 radical (unpaired) electrons. The predicted octanol–water partition coefficient (Wildman–Crippen LogP) is 4.58. The summed E-state index contributed by atoms with van der Waals surface area (Å²) in [4.78, 5) is 22.9. The number of hydrogen-bond acceptors (Lipinski definition) is 2. The van der Waals surface area contributed by atoms with Crippen molar-refractivity contribution in [3.63, 3.8) is 0 Å². The van der Waals surface area contributed by atoms with Crippen LogP contribution in [0.5, 0.6) is 0 Å². The Labute approximate surface area is 141 Å². The maximum Gasteiger partial charge on any atom is 0.409 e. The second kappa shape index (κ2) is 5.95. The zero-order valence-electron chi connectivity index (χ0n) is 11.6. The summed E-state index contributed by atoms with van der Waals surface area (Å²) in [6.45, 7) is 0. The van der Waals surface area contributed by atoms with Crippen LogP contribution >= 0.6 is 23.2 Å². The second-order valence-electron chi connectivity index (χ2n) is 4.91. The minimum absolute atomic E-state index is 0.255. The summed E-state index contributed by atoms with van der Waals surface area (Å²) in [7, 11) is 0. The summed E-state index contributed by atoms with van der Waals surface area (Å²) in [5.74, 6) is -0.255. The molecule has 0 aliphatic carbocycles. The Hall–Kier alpha value is -2.50. The second-order valence-corrected chi connectivity index (χ2v) is 5.78. The zero-order chi connectivity index (χ0) is 16.6. The lowest BCUT2D eigenvalue weighted by Gasteiger charge is -2.05. The van der Waals surface area contributed by atoms with Crippen molar-refractivity contribution in [2.45, 2.75) is 0 Å². The summed E-state index contributed by atoms with van der Waals surface area (Å²) >= 11 is 11.9. The highest BCUT2D eigenvalue weighted by molar-refractivity contribution is 6.37. The molecule has 2 amide bonds. The molecule has 5 nitrogen and oxygen atoms in total. The van der Waals surface area contributed by atoms with E-state index >= 15 is 0 Å². The lowest BCUT2D eigenvalue weighted by molar-refractivity contribution is -0.110. The van der Waals surface area contributed by atoms with Gasteiger partial charge in [-0.05, 0) is 42.0 Å². The fourth-order valence-corrected chi connectivity index (χ4v) is 2.78. The lowest BCUT2D eigenvalue weighted by atomic mass is 10.0. The van der Waals surface area contributed by atoms with Crippen LogP contribution in [0.2, 0.25) is 10.0 Å². The molecule has 0 saturated carbocycles. The third-order valence-corrected chi connectivity index (χ3v) is 3.70. The molecule has 1 aliphatic rings. The number of carboxylic acid groups (broad SMARTS) is 1. The van der Waals surface area contributed by atoms with Crippen molar-refractivity contribution in [2.75, 3.05) is 10.6 Å². The Bertz CT molecular complexity index is 862. The Morgan fingerprint density at radius 2 is 1.91 bits per heavy atom. The number of benzene rings is 2. The first kappa shape index (κ1) is 15.4. The van der Waals surface area contributed by atoms with Crippen LogP contribution in [-0.4, -0.2) is 17.1 Å². The Morgan fingerprint density at radius 3 is 2.65 bits per heavy atom. The molecule has 1 aliphatic heterocycles. The van der Waals surface area contributed by atoms with Gasteiger partial charge < -0.3 is 10.4 Å². The molecule has 2 aromatic rings. The number of carbonyl (C=O) groups excluding carboxylic acids is 1. The molecule has 0 atom stereocenters. The summed E-state index contributed by atoms with van der Waals surface area (Å²) in [5.41, 5.74) is 2.76.